The molecule has 1 aliphatic heterocycles. The van der Waals surface area contributed by atoms with E-state index in [0.717, 1.165) is 16.3 Å². The van der Waals surface area contributed by atoms with Gasteiger partial charge < -0.3 is 16.4 Å². The number of nitrogens with one attached hydrogen (secondary N) is 3. The van der Waals surface area contributed by atoms with E-state index in [-0.39, 0.29) is 5.84 Å². The Morgan fingerprint density at radius 3 is 2.91 bits per heavy atom. The van der Waals surface area contributed by atoms with Crippen LogP contribution in [0.2, 0.25) is 5.02 Å². The normalized spacial score (nSPS) is 16.4. The van der Waals surface area contributed by atoms with Crippen LogP contribution in [0.5, 0.6) is 0 Å². The van der Waals surface area contributed by atoms with E-state index in [9.17, 15) is 0 Å². The molecule has 0 aliphatic carbocycles. The summed E-state index contributed by atoms with van der Waals surface area (Å²) in [5.41, 5.74) is 7.41. The van der Waals surface area contributed by atoms with E-state index in [4.69, 9.17) is 22.7 Å². The lowest BCUT2D eigenvalue weighted by molar-refractivity contribution is 0.924. The lowest BCUT2D eigenvalue weighted by atomic mass is 10.2. The van der Waals surface area contributed by atoms with Crippen LogP contribution in [0, 0.1) is 5.41 Å². The lowest BCUT2D eigenvalue weighted by Gasteiger charge is -2.19. The minimum absolute atomic E-state index is 0.280. The van der Waals surface area contributed by atoms with Crippen LogP contribution < -0.4 is 16.4 Å². The molecular weight excluding hydrogens is 318 g/mol. The van der Waals surface area contributed by atoms with Crippen molar-refractivity contribution in [2.45, 2.75) is 11.8 Å². The van der Waals surface area contributed by atoms with E-state index in [1.807, 2.05) is 37.3 Å². The summed E-state index contributed by atoms with van der Waals surface area (Å²) in [6, 6.07) is 7.50. The fraction of sp³-hybridized carbons (Fsp3) is 0.200. The number of hydrogen-bond donors (Lipinski definition) is 4. The fourth-order valence-corrected chi connectivity index (χ4v) is 3.09. The van der Waals surface area contributed by atoms with Gasteiger partial charge in [-0.05, 0) is 31.2 Å². The first-order chi connectivity index (χ1) is 10.5. The Labute approximate surface area is 139 Å². The average Bonchev–Trinajstić information content (AvgIpc) is 2.51. The first-order valence-electron chi connectivity index (χ1n) is 6.70. The van der Waals surface area contributed by atoms with Gasteiger partial charge in [-0.1, -0.05) is 29.4 Å². The molecule has 0 saturated carbocycles. The number of rotatable bonds is 4. The van der Waals surface area contributed by atoms with Crippen molar-refractivity contribution in [3.05, 3.63) is 51.8 Å². The smallest absolute Gasteiger partial charge is 0.148 e. The molecule has 1 aromatic rings. The zero-order valence-corrected chi connectivity index (χ0v) is 14.0. The van der Waals surface area contributed by atoms with Crippen molar-refractivity contribution in [2.75, 3.05) is 13.6 Å². The fourth-order valence-electron chi connectivity index (χ4n) is 1.87. The number of amidine groups is 1. The zero-order valence-electron chi connectivity index (χ0n) is 12.4. The van der Waals surface area contributed by atoms with Crippen molar-refractivity contribution < 1.29 is 0 Å². The molecule has 0 amide bonds. The van der Waals surface area contributed by atoms with Crippen LogP contribution in [-0.4, -0.2) is 25.1 Å². The number of nitrogens with two attached hydrogens (primary N) is 1. The number of nitrogens with zero attached hydrogens (tertiary/aromatic N) is 1. The van der Waals surface area contributed by atoms with Gasteiger partial charge in [0.25, 0.3) is 0 Å². The van der Waals surface area contributed by atoms with Crippen LogP contribution in [-0.2, 0) is 0 Å². The van der Waals surface area contributed by atoms with Crippen LogP contribution in [0.1, 0.15) is 6.92 Å². The Hall–Kier alpha value is -1.76. The molecule has 0 saturated heterocycles. The molecule has 0 atom stereocenters. The number of aliphatic imine (C=N–C) groups is 1. The maximum Gasteiger partial charge on any atom is 0.148 e. The van der Waals surface area contributed by atoms with E-state index in [1.54, 1.807) is 7.05 Å². The molecule has 1 aliphatic rings. The molecule has 22 heavy (non-hydrogen) atoms. The maximum absolute atomic E-state index is 8.14. The van der Waals surface area contributed by atoms with Gasteiger partial charge in [-0.25, -0.2) is 4.99 Å². The summed E-state index contributed by atoms with van der Waals surface area (Å²) in [7, 11) is 1.71. The van der Waals surface area contributed by atoms with Crippen molar-refractivity contribution in [1.82, 2.24) is 10.6 Å². The van der Waals surface area contributed by atoms with Crippen LogP contribution in [0.4, 0.5) is 0 Å². The second-order valence-electron chi connectivity index (χ2n) is 4.62. The van der Waals surface area contributed by atoms with E-state index >= 15 is 0 Å². The van der Waals surface area contributed by atoms with Gasteiger partial charge in [0, 0.05) is 29.2 Å². The third kappa shape index (κ3) is 4.13. The third-order valence-electron chi connectivity index (χ3n) is 2.87. The average molecular weight is 336 g/mol. The summed E-state index contributed by atoms with van der Waals surface area (Å²) in [5.74, 6) is 0.895. The topological polar surface area (TPSA) is 86.3 Å². The third-order valence-corrected chi connectivity index (χ3v) is 4.20. The van der Waals surface area contributed by atoms with Gasteiger partial charge in [-0.2, -0.15) is 0 Å². The van der Waals surface area contributed by atoms with Crippen LogP contribution in [0.3, 0.4) is 0 Å². The standard InChI is InChI=1S/C15H18ClN5S/c1-9-6-11(8-17)21-15(20-9)13(14(18)19-2)22-12-5-3-4-10(16)7-12/h3-7,20H,8,17H2,1-2H3,(H2,18,19)/b15-13-. The zero-order chi connectivity index (χ0) is 16.1. The summed E-state index contributed by atoms with van der Waals surface area (Å²) in [4.78, 5) is 6.11. The minimum atomic E-state index is 0.280. The van der Waals surface area contributed by atoms with Crippen LogP contribution in [0.25, 0.3) is 0 Å². The summed E-state index contributed by atoms with van der Waals surface area (Å²) >= 11 is 7.46. The van der Waals surface area contributed by atoms with Gasteiger partial charge in [0.05, 0.1) is 10.6 Å². The predicted molar refractivity (Wildman–Crippen MR) is 94.5 cm³/mol. The molecule has 0 radical (unpaired) electrons. The van der Waals surface area contributed by atoms with Gasteiger partial charge in [-0.3, -0.25) is 5.41 Å². The number of halogens is 1. The molecule has 1 heterocycles. The molecule has 5 nitrogen and oxygen atoms in total. The van der Waals surface area contributed by atoms with Crippen molar-refractivity contribution in [3.63, 3.8) is 0 Å². The molecule has 0 spiro atoms. The van der Waals surface area contributed by atoms with Crippen molar-refractivity contribution >= 4 is 34.9 Å². The molecular formula is C15H18ClN5S. The van der Waals surface area contributed by atoms with Gasteiger partial charge in [0.1, 0.15) is 11.7 Å². The largest absolute Gasteiger partial charge is 0.373 e. The molecule has 0 aromatic heterocycles. The quantitative estimate of drug-likeness (QED) is 0.387. The summed E-state index contributed by atoms with van der Waals surface area (Å²) < 4.78 is 0. The summed E-state index contributed by atoms with van der Waals surface area (Å²) in [5, 5.41) is 14.8. The Kier molecular flexibility index (Phi) is 5.65. The predicted octanol–water partition coefficient (Wildman–Crippen LogP) is 2.70. The van der Waals surface area contributed by atoms with E-state index in [1.165, 1.54) is 11.8 Å². The second-order valence-corrected chi connectivity index (χ2v) is 6.14. The van der Waals surface area contributed by atoms with E-state index < -0.39 is 0 Å². The number of allylic oxidation sites excluding steroid dienone is 1. The molecule has 1 aromatic carbocycles. The van der Waals surface area contributed by atoms with Gasteiger partial charge in [0.2, 0.25) is 0 Å². The molecule has 7 heteroatoms. The first kappa shape index (κ1) is 16.6. The van der Waals surface area contributed by atoms with E-state index in [2.05, 4.69) is 15.6 Å². The van der Waals surface area contributed by atoms with Gasteiger partial charge >= 0.3 is 0 Å². The van der Waals surface area contributed by atoms with Crippen molar-refractivity contribution in [3.8, 4) is 0 Å². The highest BCUT2D eigenvalue weighted by Crippen LogP contribution is 2.31. The van der Waals surface area contributed by atoms with Crippen LogP contribution >= 0.6 is 23.4 Å². The molecule has 116 valence electrons. The molecule has 0 bridgehead atoms. The molecule has 0 unspecified atom stereocenters. The molecule has 5 N–H and O–H groups in total. The highest BCUT2D eigenvalue weighted by atomic mass is 35.5. The van der Waals surface area contributed by atoms with E-state index in [0.29, 0.717) is 22.3 Å². The monoisotopic (exact) mass is 335 g/mol. The Bertz CT molecular complexity index is 678. The minimum Gasteiger partial charge on any atom is -0.373 e. The number of thioether (sulfide) groups is 1. The first-order valence-corrected chi connectivity index (χ1v) is 7.90. The summed E-state index contributed by atoms with van der Waals surface area (Å²) in [6.45, 7) is 2.29. The number of hydrogen-bond acceptors (Lipinski definition) is 5. The summed E-state index contributed by atoms with van der Waals surface area (Å²) in [6.07, 6.45) is 1.90. The Balaban J connectivity index is 2.42. The second kappa shape index (κ2) is 7.49. The number of likely N-dealkylation sites (N-methyl/N-ethyl adjacent to an activating group) is 1. The maximum atomic E-state index is 8.14. The SMILES string of the molecule is CNC(=N)/C(Sc1cccc(Cl)c1)=C1/N=C(CN)C=C(C)N1. The van der Waals surface area contributed by atoms with Gasteiger partial charge in [0.15, 0.2) is 0 Å². The number of benzene rings is 1. The lowest BCUT2D eigenvalue weighted by Crippen LogP contribution is -2.27. The highest BCUT2D eigenvalue weighted by molar-refractivity contribution is 8.04. The highest BCUT2D eigenvalue weighted by Gasteiger charge is 2.17. The Morgan fingerprint density at radius 1 is 1.50 bits per heavy atom. The molecule has 2 rings (SSSR count). The van der Waals surface area contributed by atoms with Crippen molar-refractivity contribution in [2.24, 2.45) is 10.7 Å². The van der Waals surface area contributed by atoms with Crippen LogP contribution in [0.15, 0.2) is 56.7 Å². The van der Waals surface area contributed by atoms with Crippen molar-refractivity contribution in [1.29, 1.82) is 5.41 Å². The Morgan fingerprint density at radius 2 is 2.27 bits per heavy atom. The van der Waals surface area contributed by atoms with Gasteiger partial charge in [-0.15, -0.1) is 0 Å². The molecule has 0 fully saturated rings.